The van der Waals surface area contributed by atoms with Crippen LogP contribution in [0.2, 0.25) is 5.28 Å². The van der Waals surface area contributed by atoms with E-state index >= 15 is 0 Å². The second-order valence-corrected chi connectivity index (χ2v) is 6.26. The number of aryl methyl sites for hydroxylation is 1. The molecule has 0 bridgehead atoms. The van der Waals surface area contributed by atoms with Gasteiger partial charge in [-0.1, -0.05) is 0 Å². The Morgan fingerprint density at radius 3 is 2.56 bits per heavy atom. The maximum absolute atomic E-state index is 12.3. The number of piperidine rings is 1. The molecule has 2 heterocycles. The maximum atomic E-state index is 12.3. The lowest BCUT2D eigenvalue weighted by Gasteiger charge is -2.32. The molecule has 25 heavy (non-hydrogen) atoms. The van der Waals surface area contributed by atoms with Crippen molar-refractivity contribution in [3.05, 3.63) is 35.4 Å². The normalized spacial score (nSPS) is 15.2. The Bertz CT molecular complexity index is 696. The molecule has 7 nitrogen and oxygen atoms in total. The van der Waals surface area contributed by atoms with E-state index in [0.717, 1.165) is 24.3 Å². The van der Waals surface area contributed by atoms with Crippen LogP contribution < -0.4 is 9.47 Å². The van der Waals surface area contributed by atoms with Gasteiger partial charge in [0.2, 0.25) is 11.2 Å². The van der Waals surface area contributed by atoms with Gasteiger partial charge in [0.1, 0.15) is 23.4 Å². The summed E-state index contributed by atoms with van der Waals surface area (Å²) in [5.74, 6) is 2.39. The molecular weight excluding hydrogens is 344 g/mol. The summed E-state index contributed by atoms with van der Waals surface area (Å²) in [7, 11) is 1.64. The summed E-state index contributed by atoms with van der Waals surface area (Å²) in [5, 5.41) is 6.64. The van der Waals surface area contributed by atoms with Gasteiger partial charge < -0.3 is 14.4 Å². The largest absolute Gasteiger partial charge is 0.497 e. The van der Waals surface area contributed by atoms with Gasteiger partial charge in [0.25, 0.3) is 0 Å². The topological polar surface area (TPSA) is 80.3 Å². The van der Waals surface area contributed by atoms with Gasteiger partial charge in [-0.3, -0.25) is 9.89 Å². The number of nitrogens with one attached hydrogen (secondary N) is 1. The first kappa shape index (κ1) is 17.5. The number of rotatable bonds is 6. The molecule has 2 aromatic rings. The predicted octanol–water partition coefficient (Wildman–Crippen LogP) is 2.47. The van der Waals surface area contributed by atoms with Crippen LogP contribution in [0.5, 0.6) is 11.5 Å². The summed E-state index contributed by atoms with van der Waals surface area (Å²) >= 11 is 5.65. The number of H-pyrrole nitrogens is 1. The van der Waals surface area contributed by atoms with Crippen molar-refractivity contribution in [3.63, 3.8) is 0 Å². The molecule has 0 saturated carbocycles. The summed E-state index contributed by atoms with van der Waals surface area (Å²) < 4.78 is 11.1. The van der Waals surface area contributed by atoms with Gasteiger partial charge >= 0.3 is 0 Å². The Balaban J connectivity index is 1.42. The molecule has 0 atom stereocenters. The highest BCUT2D eigenvalue weighted by atomic mass is 35.5. The molecule has 1 N–H and O–H groups in total. The van der Waals surface area contributed by atoms with Crippen LogP contribution in [-0.4, -0.2) is 52.3 Å². The van der Waals surface area contributed by atoms with Crippen LogP contribution in [0.4, 0.5) is 0 Å². The zero-order valence-electron chi connectivity index (χ0n) is 14.1. The standard InChI is InChI=1S/C17H21ClN4O3/c1-24-12-2-4-13(5-3-12)25-14-8-10-22(11-9-14)16(23)7-6-15-19-17(18)21-20-15/h2-5,14H,6-11H2,1H3,(H,19,20,21). The van der Waals surface area contributed by atoms with Crippen molar-refractivity contribution in [1.29, 1.82) is 0 Å². The average Bonchev–Trinajstić information content (AvgIpc) is 3.06. The Morgan fingerprint density at radius 2 is 1.96 bits per heavy atom. The number of hydrogen-bond acceptors (Lipinski definition) is 5. The summed E-state index contributed by atoms with van der Waals surface area (Å²) in [6.45, 7) is 1.41. The van der Waals surface area contributed by atoms with Crippen molar-refractivity contribution >= 4 is 17.5 Å². The van der Waals surface area contributed by atoms with Gasteiger partial charge in [0.15, 0.2) is 0 Å². The Hall–Kier alpha value is -2.28. The molecule has 1 saturated heterocycles. The second kappa shape index (κ2) is 8.20. The minimum atomic E-state index is 0.121. The number of ether oxygens (including phenoxy) is 2. The van der Waals surface area contributed by atoms with Crippen molar-refractivity contribution in [2.45, 2.75) is 31.8 Å². The highest BCUT2D eigenvalue weighted by Gasteiger charge is 2.24. The molecule has 3 rings (SSSR count). The molecule has 1 aromatic heterocycles. The monoisotopic (exact) mass is 364 g/mol. The molecule has 0 spiro atoms. The van der Waals surface area contributed by atoms with E-state index in [1.54, 1.807) is 7.11 Å². The third-order valence-corrected chi connectivity index (χ3v) is 4.41. The van der Waals surface area contributed by atoms with Gasteiger partial charge in [0.05, 0.1) is 7.11 Å². The van der Waals surface area contributed by atoms with Gasteiger partial charge in [-0.25, -0.2) is 4.98 Å². The molecule has 1 aliphatic heterocycles. The van der Waals surface area contributed by atoms with Gasteiger partial charge in [-0.2, -0.15) is 0 Å². The first-order valence-electron chi connectivity index (χ1n) is 8.29. The minimum absolute atomic E-state index is 0.121. The molecule has 1 amide bonds. The van der Waals surface area contributed by atoms with Crippen LogP contribution in [0, 0.1) is 0 Å². The van der Waals surface area contributed by atoms with Crippen molar-refractivity contribution in [3.8, 4) is 11.5 Å². The van der Waals surface area contributed by atoms with Crippen LogP contribution in [0.25, 0.3) is 0 Å². The van der Waals surface area contributed by atoms with Crippen LogP contribution in [0.15, 0.2) is 24.3 Å². The first-order valence-corrected chi connectivity index (χ1v) is 8.67. The molecule has 0 unspecified atom stereocenters. The molecule has 0 aliphatic carbocycles. The van der Waals surface area contributed by atoms with Gasteiger partial charge in [-0.05, 0) is 35.9 Å². The van der Waals surface area contributed by atoms with E-state index in [4.69, 9.17) is 21.1 Å². The molecule has 134 valence electrons. The summed E-state index contributed by atoms with van der Waals surface area (Å²) in [5.41, 5.74) is 0. The summed E-state index contributed by atoms with van der Waals surface area (Å²) in [6.07, 6.45) is 2.69. The van der Waals surface area contributed by atoms with Crippen molar-refractivity contribution < 1.29 is 14.3 Å². The molecule has 1 aliphatic rings. The van der Waals surface area contributed by atoms with E-state index < -0.39 is 0 Å². The molecule has 0 radical (unpaired) electrons. The number of likely N-dealkylation sites (tertiary alicyclic amines) is 1. The molecular formula is C17H21ClN4O3. The van der Waals surface area contributed by atoms with Crippen LogP contribution in [0.1, 0.15) is 25.1 Å². The second-order valence-electron chi connectivity index (χ2n) is 5.92. The highest BCUT2D eigenvalue weighted by Crippen LogP contribution is 2.22. The average molecular weight is 365 g/mol. The van der Waals surface area contributed by atoms with E-state index in [0.29, 0.717) is 31.8 Å². The lowest BCUT2D eigenvalue weighted by molar-refractivity contribution is -0.132. The van der Waals surface area contributed by atoms with E-state index in [1.165, 1.54) is 0 Å². The predicted molar refractivity (Wildman–Crippen MR) is 92.9 cm³/mol. The van der Waals surface area contributed by atoms with Crippen molar-refractivity contribution in [1.82, 2.24) is 20.1 Å². The number of aromatic amines is 1. The Labute approximate surface area is 151 Å². The number of aromatic nitrogens is 3. The fourth-order valence-corrected chi connectivity index (χ4v) is 2.98. The van der Waals surface area contributed by atoms with Crippen LogP contribution >= 0.6 is 11.6 Å². The number of hydrogen-bond donors (Lipinski definition) is 1. The van der Waals surface area contributed by atoms with Crippen LogP contribution in [-0.2, 0) is 11.2 Å². The SMILES string of the molecule is COc1ccc(OC2CCN(C(=O)CCc3nc(Cl)n[nH]3)CC2)cc1. The smallest absolute Gasteiger partial charge is 0.242 e. The number of methoxy groups -OCH3 is 1. The third-order valence-electron chi connectivity index (χ3n) is 4.24. The lowest BCUT2D eigenvalue weighted by Crippen LogP contribution is -2.41. The number of carbonyl (C=O) groups excluding carboxylic acids is 1. The first-order chi connectivity index (χ1) is 12.1. The summed E-state index contributed by atoms with van der Waals surface area (Å²) in [4.78, 5) is 18.2. The fraction of sp³-hybridized carbons (Fsp3) is 0.471. The number of carbonyl (C=O) groups is 1. The minimum Gasteiger partial charge on any atom is -0.497 e. The highest BCUT2D eigenvalue weighted by molar-refractivity contribution is 6.28. The molecule has 8 heteroatoms. The van der Waals surface area contributed by atoms with Crippen molar-refractivity contribution in [2.24, 2.45) is 0 Å². The number of benzene rings is 1. The summed E-state index contributed by atoms with van der Waals surface area (Å²) in [6, 6.07) is 7.56. The van der Waals surface area contributed by atoms with E-state index in [-0.39, 0.29) is 17.3 Å². The zero-order valence-corrected chi connectivity index (χ0v) is 14.8. The van der Waals surface area contributed by atoms with Gasteiger partial charge in [-0.15, -0.1) is 5.10 Å². The van der Waals surface area contributed by atoms with Crippen LogP contribution in [0.3, 0.4) is 0 Å². The number of amides is 1. The van der Waals surface area contributed by atoms with E-state index in [9.17, 15) is 4.79 Å². The quantitative estimate of drug-likeness (QED) is 0.851. The fourth-order valence-electron chi connectivity index (χ4n) is 2.84. The number of halogens is 1. The molecule has 1 aromatic carbocycles. The molecule has 1 fully saturated rings. The lowest BCUT2D eigenvalue weighted by atomic mass is 10.1. The van der Waals surface area contributed by atoms with E-state index in [1.807, 2.05) is 29.2 Å². The third kappa shape index (κ3) is 4.85. The Kier molecular flexibility index (Phi) is 5.75. The Morgan fingerprint density at radius 1 is 1.28 bits per heavy atom. The number of nitrogens with zero attached hydrogens (tertiary/aromatic N) is 3. The van der Waals surface area contributed by atoms with Crippen molar-refractivity contribution in [2.75, 3.05) is 20.2 Å². The zero-order chi connectivity index (χ0) is 17.6. The van der Waals surface area contributed by atoms with Gasteiger partial charge in [0, 0.05) is 38.8 Å². The van der Waals surface area contributed by atoms with E-state index in [2.05, 4.69) is 15.2 Å². The maximum Gasteiger partial charge on any atom is 0.242 e.